The molecular formula is C34H24N2O8. The second kappa shape index (κ2) is 11.6. The van der Waals surface area contributed by atoms with Crippen LogP contribution in [0.2, 0.25) is 0 Å². The summed E-state index contributed by atoms with van der Waals surface area (Å²) in [4.78, 5) is 21.6. The first-order valence-electron chi connectivity index (χ1n) is 13.5. The molecule has 2 N–H and O–H groups in total. The standard InChI is InChI=1S/C34H24N2O8/c37-29-13-11-25(35(39)40)17-23(29)19-43-31-15-9-21-5-1-3-7-27(21)33(31)34-28-8-4-2-6-22(28)10-16-32(34)44-20-24-18-26(36(41)42)12-14-30(24)38/h1-18,37-38H,19-20H2. The predicted molar refractivity (Wildman–Crippen MR) is 165 cm³/mol. The van der Waals surface area contributed by atoms with Gasteiger partial charge >= 0.3 is 0 Å². The van der Waals surface area contributed by atoms with E-state index in [2.05, 4.69) is 0 Å². The molecule has 6 rings (SSSR count). The maximum absolute atomic E-state index is 11.3. The van der Waals surface area contributed by atoms with Crippen LogP contribution in [0, 0.1) is 20.2 Å². The number of nitro benzene ring substituents is 2. The van der Waals surface area contributed by atoms with Crippen LogP contribution in [0.4, 0.5) is 11.4 Å². The normalized spacial score (nSPS) is 11.0. The van der Waals surface area contributed by atoms with Gasteiger partial charge in [0.25, 0.3) is 11.4 Å². The molecule has 0 unspecified atom stereocenters. The highest BCUT2D eigenvalue weighted by molar-refractivity contribution is 6.09. The van der Waals surface area contributed by atoms with E-state index in [1.165, 1.54) is 36.4 Å². The predicted octanol–water partition coefficient (Wildman–Crippen LogP) is 8.05. The Morgan fingerprint density at radius 1 is 0.545 bits per heavy atom. The minimum absolute atomic E-state index is 0.135. The lowest BCUT2D eigenvalue weighted by Gasteiger charge is -2.20. The number of non-ortho nitro benzene ring substituents is 2. The van der Waals surface area contributed by atoms with Crippen molar-refractivity contribution in [3.63, 3.8) is 0 Å². The molecule has 0 saturated carbocycles. The molecule has 10 nitrogen and oxygen atoms in total. The quantitative estimate of drug-likeness (QED) is 0.127. The van der Waals surface area contributed by atoms with Crippen molar-refractivity contribution in [2.45, 2.75) is 13.2 Å². The van der Waals surface area contributed by atoms with Crippen LogP contribution in [0.15, 0.2) is 109 Å². The van der Waals surface area contributed by atoms with Gasteiger partial charge in [0.05, 0.1) is 9.85 Å². The largest absolute Gasteiger partial charge is 0.508 e. The SMILES string of the molecule is O=[N+]([O-])c1ccc(O)c(COc2ccc3ccccc3c2-c2c(OCc3cc([N+](=O)[O-])ccc3O)ccc3ccccc23)c1. The lowest BCUT2D eigenvalue weighted by Crippen LogP contribution is -2.02. The zero-order valence-corrected chi connectivity index (χ0v) is 23.0. The van der Waals surface area contributed by atoms with E-state index in [1.54, 1.807) is 12.1 Å². The summed E-state index contributed by atoms with van der Waals surface area (Å²) in [6, 6.07) is 30.3. The highest BCUT2D eigenvalue weighted by Gasteiger charge is 2.21. The number of rotatable bonds is 9. The van der Waals surface area contributed by atoms with Crippen molar-refractivity contribution >= 4 is 32.9 Å². The molecule has 0 aliphatic carbocycles. The van der Waals surface area contributed by atoms with Gasteiger partial charge in [-0.25, -0.2) is 0 Å². The average molecular weight is 589 g/mol. The maximum atomic E-state index is 11.3. The minimum atomic E-state index is -0.538. The van der Waals surface area contributed by atoms with Crippen molar-refractivity contribution in [3.05, 3.63) is 141 Å². The number of nitrogens with zero attached hydrogens (tertiary/aromatic N) is 2. The molecule has 0 bridgehead atoms. The van der Waals surface area contributed by atoms with E-state index in [0.717, 1.165) is 21.5 Å². The molecule has 0 saturated heterocycles. The van der Waals surface area contributed by atoms with E-state index in [9.17, 15) is 30.4 Å². The van der Waals surface area contributed by atoms with Crippen molar-refractivity contribution in [2.75, 3.05) is 0 Å². The van der Waals surface area contributed by atoms with E-state index in [1.807, 2.05) is 60.7 Å². The van der Waals surface area contributed by atoms with Gasteiger partial charge < -0.3 is 19.7 Å². The van der Waals surface area contributed by atoms with Crippen LogP contribution in [0.3, 0.4) is 0 Å². The fraction of sp³-hybridized carbons (Fsp3) is 0.0588. The van der Waals surface area contributed by atoms with Gasteiger partial charge in [-0.3, -0.25) is 20.2 Å². The molecule has 0 atom stereocenters. The number of phenols is 2. The summed E-state index contributed by atoms with van der Waals surface area (Å²) in [6.45, 7) is -0.303. The zero-order valence-electron chi connectivity index (χ0n) is 23.0. The molecule has 0 aromatic heterocycles. The monoisotopic (exact) mass is 588 g/mol. The first-order valence-corrected chi connectivity index (χ1v) is 13.5. The van der Waals surface area contributed by atoms with Crippen LogP contribution >= 0.6 is 0 Å². The summed E-state index contributed by atoms with van der Waals surface area (Å²) in [6.07, 6.45) is 0. The Labute approximate surface area is 250 Å². The van der Waals surface area contributed by atoms with Crippen LogP contribution in [0.5, 0.6) is 23.0 Å². The minimum Gasteiger partial charge on any atom is -0.508 e. The molecule has 6 aromatic rings. The summed E-state index contributed by atoms with van der Waals surface area (Å²) < 4.78 is 12.6. The fourth-order valence-electron chi connectivity index (χ4n) is 5.17. The number of hydrogen-bond donors (Lipinski definition) is 2. The highest BCUT2D eigenvalue weighted by Crippen LogP contribution is 2.46. The van der Waals surface area contributed by atoms with E-state index in [-0.39, 0.29) is 47.2 Å². The second-order valence-electron chi connectivity index (χ2n) is 10.0. The Kier molecular flexibility index (Phi) is 7.38. The lowest BCUT2D eigenvalue weighted by molar-refractivity contribution is -0.385. The molecule has 0 spiro atoms. The van der Waals surface area contributed by atoms with Gasteiger partial charge in [0.15, 0.2) is 0 Å². The molecule has 0 aliphatic rings. The van der Waals surface area contributed by atoms with E-state index in [4.69, 9.17) is 9.47 Å². The van der Waals surface area contributed by atoms with Crippen LogP contribution in [0.25, 0.3) is 32.7 Å². The van der Waals surface area contributed by atoms with E-state index >= 15 is 0 Å². The third kappa shape index (κ3) is 5.39. The fourth-order valence-corrected chi connectivity index (χ4v) is 5.17. The number of nitro groups is 2. The van der Waals surface area contributed by atoms with Gasteiger partial charge in [-0.15, -0.1) is 0 Å². The van der Waals surface area contributed by atoms with Gasteiger partial charge in [-0.1, -0.05) is 60.7 Å². The molecule has 0 fully saturated rings. The van der Waals surface area contributed by atoms with Gasteiger partial charge in [0, 0.05) is 46.5 Å². The Balaban J connectivity index is 1.49. The molecule has 10 heteroatoms. The molecule has 0 amide bonds. The molecule has 0 aliphatic heterocycles. The first-order chi connectivity index (χ1) is 21.3. The summed E-state index contributed by atoms with van der Waals surface area (Å²) in [5, 5.41) is 47.0. The zero-order chi connectivity index (χ0) is 30.8. The summed E-state index contributed by atoms with van der Waals surface area (Å²) in [7, 11) is 0. The number of hydrogen-bond acceptors (Lipinski definition) is 8. The highest BCUT2D eigenvalue weighted by atomic mass is 16.6. The smallest absolute Gasteiger partial charge is 0.270 e. The lowest BCUT2D eigenvalue weighted by atomic mass is 9.92. The average Bonchev–Trinajstić information content (AvgIpc) is 3.03. The Morgan fingerprint density at radius 3 is 1.36 bits per heavy atom. The maximum Gasteiger partial charge on any atom is 0.270 e. The van der Waals surface area contributed by atoms with Gasteiger partial charge in [0.1, 0.15) is 36.2 Å². The summed E-state index contributed by atoms with van der Waals surface area (Å²) in [5.74, 6) is 0.607. The molecule has 0 radical (unpaired) electrons. The Morgan fingerprint density at radius 2 is 0.955 bits per heavy atom. The number of fused-ring (bicyclic) bond motifs is 2. The summed E-state index contributed by atoms with van der Waals surface area (Å²) >= 11 is 0. The summed E-state index contributed by atoms with van der Waals surface area (Å²) in [5.41, 5.74) is 1.51. The van der Waals surface area contributed by atoms with Gasteiger partial charge in [-0.2, -0.15) is 0 Å². The Bertz CT molecular complexity index is 1930. The van der Waals surface area contributed by atoms with Crippen LogP contribution in [-0.2, 0) is 13.2 Å². The Hall–Kier alpha value is -6.16. The van der Waals surface area contributed by atoms with Gasteiger partial charge in [-0.05, 0) is 45.8 Å². The molecule has 0 heterocycles. The van der Waals surface area contributed by atoms with Crippen molar-refractivity contribution in [1.82, 2.24) is 0 Å². The van der Waals surface area contributed by atoms with Crippen molar-refractivity contribution in [2.24, 2.45) is 0 Å². The topological polar surface area (TPSA) is 145 Å². The third-order valence-electron chi connectivity index (χ3n) is 7.35. The number of ether oxygens (including phenoxy) is 2. The number of benzene rings is 6. The molecular weight excluding hydrogens is 564 g/mol. The van der Waals surface area contributed by atoms with Crippen LogP contribution in [-0.4, -0.2) is 20.1 Å². The van der Waals surface area contributed by atoms with E-state index < -0.39 is 9.85 Å². The molecule has 44 heavy (non-hydrogen) atoms. The number of phenolic OH excluding ortho intramolecular Hbond substituents is 2. The second-order valence-corrected chi connectivity index (χ2v) is 10.0. The van der Waals surface area contributed by atoms with Crippen LogP contribution < -0.4 is 9.47 Å². The first kappa shape index (κ1) is 28.0. The molecule has 6 aromatic carbocycles. The van der Waals surface area contributed by atoms with Crippen molar-refractivity contribution in [3.8, 4) is 34.1 Å². The van der Waals surface area contributed by atoms with E-state index in [0.29, 0.717) is 22.6 Å². The molecule has 218 valence electrons. The van der Waals surface area contributed by atoms with Gasteiger partial charge in [0.2, 0.25) is 0 Å². The van der Waals surface area contributed by atoms with Crippen LogP contribution in [0.1, 0.15) is 11.1 Å². The third-order valence-corrected chi connectivity index (χ3v) is 7.35. The van der Waals surface area contributed by atoms with Crippen molar-refractivity contribution in [1.29, 1.82) is 0 Å². The number of aromatic hydroxyl groups is 2. The van der Waals surface area contributed by atoms with Crippen molar-refractivity contribution < 1.29 is 29.5 Å².